The van der Waals surface area contributed by atoms with Gasteiger partial charge in [0.25, 0.3) is 5.91 Å². The summed E-state index contributed by atoms with van der Waals surface area (Å²) in [7, 11) is 0. The minimum atomic E-state index is -1.26. The van der Waals surface area contributed by atoms with Gasteiger partial charge in [0, 0.05) is 0 Å². The Balaban J connectivity index is 1.44. The van der Waals surface area contributed by atoms with Gasteiger partial charge in [-0.25, -0.2) is 4.79 Å². The fraction of sp³-hybridized carbons (Fsp3) is 0.391. The highest BCUT2D eigenvalue weighted by atomic mass is 16.6. The van der Waals surface area contributed by atoms with Gasteiger partial charge < -0.3 is 24.6 Å². The van der Waals surface area contributed by atoms with Gasteiger partial charge in [0.15, 0.2) is 11.5 Å². The lowest BCUT2D eigenvalue weighted by Crippen LogP contribution is -2.42. The van der Waals surface area contributed by atoms with E-state index in [0.29, 0.717) is 36.0 Å². The Morgan fingerprint density at radius 1 is 1.13 bits per heavy atom. The minimum absolute atomic E-state index is 0.0396. The highest BCUT2D eigenvalue weighted by molar-refractivity contribution is 6.07. The van der Waals surface area contributed by atoms with Crippen LogP contribution in [-0.4, -0.2) is 54.4 Å². The van der Waals surface area contributed by atoms with Crippen LogP contribution in [0.1, 0.15) is 23.6 Å². The summed E-state index contributed by atoms with van der Waals surface area (Å²) in [6, 6.07) is 10.4. The Labute approximate surface area is 180 Å². The van der Waals surface area contributed by atoms with Gasteiger partial charge in [-0.3, -0.25) is 9.69 Å². The van der Waals surface area contributed by atoms with Gasteiger partial charge in [-0.15, -0.1) is 0 Å². The predicted octanol–water partition coefficient (Wildman–Crippen LogP) is 2.28. The Kier molecular flexibility index (Phi) is 5.49. The molecule has 0 spiro atoms. The summed E-state index contributed by atoms with van der Waals surface area (Å²) in [6.45, 7) is 6.18. The quantitative estimate of drug-likeness (QED) is 0.688. The Bertz CT molecular complexity index is 1020. The number of rotatable bonds is 6. The van der Waals surface area contributed by atoms with Gasteiger partial charge in [0.2, 0.25) is 0 Å². The number of amides is 3. The topological polar surface area (TPSA) is 97.3 Å². The Morgan fingerprint density at radius 3 is 2.65 bits per heavy atom. The average molecular weight is 426 g/mol. The molecule has 0 aliphatic carbocycles. The van der Waals surface area contributed by atoms with Crippen LogP contribution >= 0.6 is 0 Å². The number of ether oxygens (including phenoxy) is 3. The molecule has 4 rings (SSSR count). The molecule has 2 aromatic rings. The van der Waals surface area contributed by atoms with E-state index in [1.54, 1.807) is 25.1 Å². The molecule has 0 unspecified atom stereocenters. The Hall–Kier alpha value is -3.26. The zero-order chi connectivity index (χ0) is 22.2. The number of hydrogen-bond acceptors (Lipinski definition) is 6. The number of hydrogen-bond donors (Lipinski definition) is 2. The maximum Gasteiger partial charge on any atom is 0.325 e. The number of fused-ring (bicyclic) bond motifs is 1. The molecule has 2 aliphatic rings. The average Bonchev–Trinajstić information content (AvgIpc) is 2.98. The Morgan fingerprint density at radius 2 is 1.87 bits per heavy atom. The zero-order valence-electron chi connectivity index (χ0n) is 17.8. The molecule has 0 aromatic heterocycles. The van der Waals surface area contributed by atoms with E-state index in [2.05, 4.69) is 5.32 Å². The second kappa shape index (κ2) is 8.11. The molecule has 2 heterocycles. The first-order chi connectivity index (χ1) is 14.8. The fourth-order valence-corrected chi connectivity index (χ4v) is 3.73. The molecule has 2 aromatic carbocycles. The van der Waals surface area contributed by atoms with Gasteiger partial charge in [-0.2, -0.15) is 0 Å². The fourth-order valence-electron chi connectivity index (χ4n) is 3.73. The maximum absolute atomic E-state index is 13.1. The van der Waals surface area contributed by atoms with Crippen LogP contribution in [0.15, 0.2) is 36.4 Å². The van der Waals surface area contributed by atoms with Crippen LogP contribution in [0, 0.1) is 13.8 Å². The van der Waals surface area contributed by atoms with Crippen molar-refractivity contribution in [2.45, 2.75) is 32.4 Å². The standard InChI is InChI=1S/C23H26N2O6/c1-14-4-5-15(2)19(10-14)31-13-17(26)12-25-21(27)23(3,24-22(25)28)16-6-7-18-20(11-16)30-9-8-29-18/h4-7,10-11,17,26H,8-9,12-13H2,1-3H3,(H,24,28)/t17-,23-/m0/s1. The van der Waals surface area contributed by atoms with Gasteiger partial charge in [-0.1, -0.05) is 18.2 Å². The van der Waals surface area contributed by atoms with Gasteiger partial charge in [0.1, 0.15) is 37.2 Å². The third-order valence-electron chi connectivity index (χ3n) is 5.56. The lowest BCUT2D eigenvalue weighted by atomic mass is 9.91. The van der Waals surface area contributed by atoms with Crippen molar-refractivity contribution in [3.8, 4) is 17.2 Å². The second-order valence-electron chi connectivity index (χ2n) is 8.06. The maximum atomic E-state index is 13.1. The molecule has 31 heavy (non-hydrogen) atoms. The van der Waals surface area contributed by atoms with Crippen molar-refractivity contribution in [2.75, 3.05) is 26.4 Å². The number of aliphatic hydroxyl groups is 1. The first-order valence-corrected chi connectivity index (χ1v) is 10.2. The summed E-state index contributed by atoms with van der Waals surface area (Å²) >= 11 is 0. The summed E-state index contributed by atoms with van der Waals surface area (Å²) in [5.74, 6) is 1.36. The number of β-amino-alcohol motifs (C(OH)–C–C–N with tert-alkyl or cyclic N) is 1. The molecular weight excluding hydrogens is 400 g/mol. The zero-order valence-corrected chi connectivity index (χ0v) is 17.8. The number of aliphatic hydroxyl groups excluding tert-OH is 1. The number of imide groups is 1. The summed E-state index contributed by atoms with van der Waals surface area (Å²) in [5.41, 5.74) is 1.30. The first-order valence-electron chi connectivity index (χ1n) is 10.2. The monoisotopic (exact) mass is 426 g/mol. The number of urea groups is 1. The van der Waals surface area contributed by atoms with Crippen LogP contribution < -0.4 is 19.5 Å². The van der Waals surface area contributed by atoms with Crippen molar-refractivity contribution in [3.05, 3.63) is 53.1 Å². The number of nitrogens with one attached hydrogen (secondary N) is 1. The molecule has 3 amide bonds. The van der Waals surface area contributed by atoms with Crippen molar-refractivity contribution in [1.29, 1.82) is 0 Å². The molecule has 2 atom stereocenters. The molecule has 164 valence electrons. The van der Waals surface area contributed by atoms with Crippen molar-refractivity contribution in [2.24, 2.45) is 0 Å². The number of carbonyl (C=O) groups is 2. The predicted molar refractivity (Wildman–Crippen MR) is 112 cm³/mol. The second-order valence-corrected chi connectivity index (χ2v) is 8.06. The molecule has 2 aliphatic heterocycles. The molecule has 8 heteroatoms. The number of carbonyl (C=O) groups excluding carboxylic acids is 2. The molecule has 8 nitrogen and oxygen atoms in total. The molecule has 0 saturated carbocycles. The number of benzene rings is 2. The molecular formula is C23H26N2O6. The van der Waals surface area contributed by atoms with E-state index in [1.165, 1.54) is 0 Å². The smallest absolute Gasteiger partial charge is 0.325 e. The van der Waals surface area contributed by atoms with E-state index in [9.17, 15) is 14.7 Å². The molecule has 1 fully saturated rings. The minimum Gasteiger partial charge on any atom is -0.491 e. The SMILES string of the molecule is Cc1ccc(C)c(OC[C@@H](O)CN2C(=O)N[C@@](C)(c3ccc4c(c3)OCCO4)C2=O)c1. The van der Waals surface area contributed by atoms with E-state index in [-0.39, 0.29) is 13.2 Å². The van der Waals surface area contributed by atoms with E-state index in [4.69, 9.17) is 14.2 Å². The third-order valence-corrected chi connectivity index (χ3v) is 5.56. The summed E-state index contributed by atoms with van der Waals surface area (Å²) in [4.78, 5) is 26.7. The van der Waals surface area contributed by atoms with Crippen molar-refractivity contribution >= 4 is 11.9 Å². The first kappa shape index (κ1) is 21.0. The highest BCUT2D eigenvalue weighted by Crippen LogP contribution is 2.36. The van der Waals surface area contributed by atoms with E-state index in [1.807, 2.05) is 32.0 Å². The van der Waals surface area contributed by atoms with E-state index >= 15 is 0 Å². The van der Waals surface area contributed by atoms with Crippen LogP contribution in [0.2, 0.25) is 0 Å². The van der Waals surface area contributed by atoms with Crippen LogP contribution in [-0.2, 0) is 10.3 Å². The van der Waals surface area contributed by atoms with Crippen LogP contribution in [0.25, 0.3) is 0 Å². The summed E-state index contributed by atoms with van der Waals surface area (Å²) < 4.78 is 16.8. The molecule has 1 saturated heterocycles. The molecule has 2 N–H and O–H groups in total. The van der Waals surface area contributed by atoms with Crippen molar-refractivity contribution in [3.63, 3.8) is 0 Å². The highest BCUT2D eigenvalue weighted by Gasteiger charge is 2.49. The van der Waals surface area contributed by atoms with Crippen LogP contribution in [0.5, 0.6) is 17.2 Å². The van der Waals surface area contributed by atoms with Crippen molar-refractivity contribution in [1.82, 2.24) is 10.2 Å². The lowest BCUT2D eigenvalue weighted by Gasteiger charge is -2.25. The number of aryl methyl sites for hydroxylation is 2. The third kappa shape index (κ3) is 4.03. The molecule has 0 radical (unpaired) electrons. The van der Waals surface area contributed by atoms with Gasteiger partial charge >= 0.3 is 6.03 Å². The molecule has 0 bridgehead atoms. The van der Waals surface area contributed by atoms with Gasteiger partial charge in [0.05, 0.1) is 6.54 Å². The lowest BCUT2D eigenvalue weighted by molar-refractivity contribution is -0.132. The largest absolute Gasteiger partial charge is 0.491 e. The number of nitrogens with zero attached hydrogens (tertiary/aromatic N) is 1. The summed E-state index contributed by atoms with van der Waals surface area (Å²) in [5, 5.41) is 13.2. The van der Waals surface area contributed by atoms with E-state index in [0.717, 1.165) is 16.0 Å². The van der Waals surface area contributed by atoms with E-state index < -0.39 is 23.6 Å². The van der Waals surface area contributed by atoms with Crippen LogP contribution in [0.3, 0.4) is 0 Å². The van der Waals surface area contributed by atoms with Crippen molar-refractivity contribution < 1.29 is 28.9 Å². The summed E-state index contributed by atoms with van der Waals surface area (Å²) in [6.07, 6.45) is -1.03. The van der Waals surface area contributed by atoms with Gasteiger partial charge in [-0.05, 0) is 55.7 Å². The van der Waals surface area contributed by atoms with Crippen LogP contribution in [0.4, 0.5) is 4.79 Å². The normalized spacial score (nSPS) is 21.1.